The van der Waals surface area contributed by atoms with Gasteiger partial charge in [-0.3, -0.25) is 4.79 Å². The number of nitrogens with one attached hydrogen (secondary N) is 2. The molecule has 2 N–H and O–H groups in total. The number of ether oxygens (including phenoxy) is 1. The fourth-order valence-electron chi connectivity index (χ4n) is 4.08. The van der Waals surface area contributed by atoms with Crippen LogP contribution in [-0.2, 0) is 21.4 Å². The average molecular weight is 544 g/mol. The van der Waals surface area contributed by atoms with Crippen LogP contribution in [0, 0.1) is 13.8 Å². The summed E-state index contributed by atoms with van der Waals surface area (Å²) in [6, 6.07) is 11.1. The second kappa shape index (κ2) is 11.0. The zero-order valence-corrected chi connectivity index (χ0v) is 22.8. The van der Waals surface area contributed by atoms with Crippen LogP contribution in [0.3, 0.4) is 0 Å². The van der Waals surface area contributed by atoms with E-state index in [1.54, 1.807) is 14.0 Å². The van der Waals surface area contributed by atoms with Gasteiger partial charge in [-0.25, -0.2) is 13.4 Å². The second-order valence-electron chi connectivity index (χ2n) is 8.99. The van der Waals surface area contributed by atoms with E-state index in [4.69, 9.17) is 16.3 Å². The molecule has 37 heavy (non-hydrogen) atoms. The van der Waals surface area contributed by atoms with Gasteiger partial charge in [-0.1, -0.05) is 30.7 Å². The smallest absolute Gasteiger partial charge is 0.277 e. The molecule has 1 aromatic heterocycles. The number of aryl methyl sites for hydroxylation is 2. The molecule has 1 heterocycles. The number of nitrogens with zero attached hydrogens (tertiary/aromatic N) is 3. The van der Waals surface area contributed by atoms with Crippen molar-refractivity contribution in [2.24, 2.45) is 0 Å². The van der Waals surface area contributed by atoms with Crippen LogP contribution < -0.4 is 15.4 Å². The van der Waals surface area contributed by atoms with E-state index in [-0.39, 0.29) is 19.0 Å². The Morgan fingerprint density at radius 1 is 1.11 bits per heavy atom. The topological polar surface area (TPSA) is 114 Å². The molecule has 0 spiro atoms. The largest absolute Gasteiger partial charge is 0.496 e. The number of halogens is 1. The first-order valence-corrected chi connectivity index (χ1v) is 13.8. The van der Waals surface area contributed by atoms with Gasteiger partial charge in [0.05, 0.1) is 13.3 Å². The molecular weight excluding hydrogens is 514 g/mol. The van der Waals surface area contributed by atoms with Gasteiger partial charge in [-0.2, -0.15) is 9.29 Å². The standard InChI is InChI=1S/C26H30ClN5O4S/c1-5-23(33)37(34,35)32(21-10-11-21)15-18-6-8-19(9-7-18)29-25-22(27)14-28-26(31-25)30-20-12-16(2)24(36-4)17(3)13-20/h6-9,12-14,21H,5,10-11,15H2,1-4H3,(H2,28,29,30,31). The summed E-state index contributed by atoms with van der Waals surface area (Å²) in [4.78, 5) is 20.8. The third-order valence-electron chi connectivity index (χ3n) is 6.06. The lowest BCUT2D eigenvalue weighted by Gasteiger charge is -2.21. The van der Waals surface area contributed by atoms with Crippen molar-refractivity contribution in [3.05, 3.63) is 64.3 Å². The van der Waals surface area contributed by atoms with Crippen LogP contribution in [0.2, 0.25) is 5.02 Å². The maximum absolute atomic E-state index is 12.6. The lowest BCUT2D eigenvalue weighted by Crippen LogP contribution is -2.37. The molecule has 0 radical (unpaired) electrons. The number of anilines is 4. The third kappa shape index (κ3) is 6.20. The quantitative estimate of drug-likeness (QED) is 0.346. The molecule has 1 aliphatic carbocycles. The van der Waals surface area contributed by atoms with E-state index in [1.807, 2.05) is 50.2 Å². The summed E-state index contributed by atoms with van der Waals surface area (Å²) in [5.41, 5.74) is 4.31. The Labute approximate surface area is 222 Å². The number of carbonyl (C=O) groups is 1. The Balaban J connectivity index is 1.48. The first-order chi connectivity index (χ1) is 17.6. The van der Waals surface area contributed by atoms with E-state index in [0.29, 0.717) is 16.8 Å². The lowest BCUT2D eigenvalue weighted by molar-refractivity contribution is -0.111. The number of hydrogen-bond acceptors (Lipinski definition) is 8. The van der Waals surface area contributed by atoms with Crippen LogP contribution in [0.5, 0.6) is 5.75 Å². The molecule has 3 aromatic rings. The summed E-state index contributed by atoms with van der Waals surface area (Å²) in [5, 5.41) is 5.98. The van der Waals surface area contributed by atoms with Crippen LogP contribution in [0.15, 0.2) is 42.6 Å². The molecule has 9 nitrogen and oxygen atoms in total. The molecule has 11 heteroatoms. The van der Waals surface area contributed by atoms with Gasteiger partial charge in [-0.15, -0.1) is 0 Å². The van der Waals surface area contributed by atoms with Crippen molar-refractivity contribution < 1.29 is 17.9 Å². The number of hydrogen-bond donors (Lipinski definition) is 2. The van der Waals surface area contributed by atoms with E-state index in [1.165, 1.54) is 10.5 Å². The highest BCUT2D eigenvalue weighted by molar-refractivity contribution is 8.04. The summed E-state index contributed by atoms with van der Waals surface area (Å²) in [6.07, 6.45) is 3.02. The molecule has 0 bridgehead atoms. The van der Waals surface area contributed by atoms with Gasteiger partial charge in [0.25, 0.3) is 15.1 Å². The van der Waals surface area contributed by atoms with Crippen molar-refractivity contribution >= 4 is 49.9 Å². The van der Waals surface area contributed by atoms with Gasteiger partial charge < -0.3 is 15.4 Å². The zero-order valence-electron chi connectivity index (χ0n) is 21.2. The van der Waals surface area contributed by atoms with Gasteiger partial charge in [0, 0.05) is 30.4 Å². The maximum atomic E-state index is 12.6. The highest BCUT2D eigenvalue weighted by Gasteiger charge is 2.40. The highest BCUT2D eigenvalue weighted by Crippen LogP contribution is 2.32. The molecular formula is C26H30ClN5O4S. The van der Waals surface area contributed by atoms with E-state index in [0.717, 1.165) is 46.7 Å². The van der Waals surface area contributed by atoms with Crippen LogP contribution >= 0.6 is 11.6 Å². The number of benzene rings is 2. The lowest BCUT2D eigenvalue weighted by atomic mass is 10.1. The molecule has 0 unspecified atom stereocenters. The number of aromatic nitrogens is 2. The molecule has 1 saturated carbocycles. The average Bonchev–Trinajstić information content (AvgIpc) is 3.70. The molecule has 1 fully saturated rings. The van der Waals surface area contributed by atoms with E-state index < -0.39 is 15.1 Å². The molecule has 0 atom stereocenters. The second-order valence-corrected chi connectivity index (χ2v) is 11.3. The summed E-state index contributed by atoms with van der Waals surface area (Å²) < 4.78 is 32.0. The Bertz CT molecular complexity index is 1390. The minimum Gasteiger partial charge on any atom is -0.496 e. The van der Waals surface area contributed by atoms with Crippen molar-refractivity contribution in [3.63, 3.8) is 0 Å². The molecule has 4 rings (SSSR count). The van der Waals surface area contributed by atoms with Crippen molar-refractivity contribution in [2.75, 3.05) is 17.7 Å². The maximum Gasteiger partial charge on any atom is 0.277 e. The van der Waals surface area contributed by atoms with E-state index in [2.05, 4.69) is 20.6 Å². The van der Waals surface area contributed by atoms with Gasteiger partial charge >= 0.3 is 0 Å². The summed E-state index contributed by atoms with van der Waals surface area (Å²) in [5.74, 6) is 1.63. The number of rotatable bonds is 10. The predicted molar refractivity (Wildman–Crippen MR) is 145 cm³/mol. The number of methoxy groups -OCH3 is 1. The van der Waals surface area contributed by atoms with Crippen molar-refractivity contribution in [1.82, 2.24) is 14.3 Å². The molecule has 2 aromatic carbocycles. The van der Waals surface area contributed by atoms with E-state index >= 15 is 0 Å². The van der Waals surface area contributed by atoms with Crippen LogP contribution in [0.25, 0.3) is 0 Å². The summed E-state index contributed by atoms with van der Waals surface area (Å²) >= 11 is 6.34. The number of carbonyl (C=O) groups excluding carboxylic acids is 1. The summed E-state index contributed by atoms with van der Waals surface area (Å²) in [7, 11) is -2.31. The SMILES string of the molecule is CCC(=O)S(=O)(=O)N(Cc1ccc(Nc2nc(Nc3cc(C)c(OC)c(C)c3)ncc2Cl)cc1)C1CC1. The monoisotopic (exact) mass is 543 g/mol. The van der Waals surface area contributed by atoms with Gasteiger partial charge in [0.1, 0.15) is 10.8 Å². The minimum absolute atomic E-state index is 0.0391. The predicted octanol–water partition coefficient (Wildman–Crippen LogP) is 5.47. The molecule has 1 aliphatic rings. The minimum atomic E-state index is -3.96. The molecule has 0 amide bonds. The molecule has 0 saturated heterocycles. The van der Waals surface area contributed by atoms with E-state index in [9.17, 15) is 13.2 Å². The Morgan fingerprint density at radius 2 is 1.76 bits per heavy atom. The summed E-state index contributed by atoms with van der Waals surface area (Å²) in [6.45, 7) is 5.65. The van der Waals surface area contributed by atoms with Gasteiger partial charge in [-0.05, 0) is 67.6 Å². The normalized spacial score (nSPS) is 13.5. The third-order valence-corrected chi connectivity index (χ3v) is 8.24. The Kier molecular flexibility index (Phi) is 8.01. The first kappa shape index (κ1) is 26.8. The Hall–Kier alpha value is -3.21. The van der Waals surface area contributed by atoms with Crippen LogP contribution in [0.1, 0.15) is 42.9 Å². The molecule has 196 valence electrons. The fraction of sp³-hybridized carbons (Fsp3) is 0.346. The van der Waals surface area contributed by atoms with Crippen LogP contribution in [0.4, 0.5) is 23.1 Å². The van der Waals surface area contributed by atoms with Crippen LogP contribution in [-0.4, -0.2) is 41.0 Å². The highest BCUT2D eigenvalue weighted by atomic mass is 35.5. The zero-order chi connectivity index (χ0) is 26.7. The first-order valence-electron chi connectivity index (χ1n) is 12.0. The van der Waals surface area contributed by atoms with Gasteiger partial charge in [0.15, 0.2) is 5.82 Å². The van der Waals surface area contributed by atoms with Gasteiger partial charge in [0.2, 0.25) is 5.95 Å². The molecule has 0 aliphatic heterocycles. The van der Waals surface area contributed by atoms with Crippen molar-refractivity contribution in [1.29, 1.82) is 0 Å². The number of sulfonamides is 1. The Morgan fingerprint density at radius 3 is 2.32 bits per heavy atom. The fourth-order valence-corrected chi connectivity index (χ4v) is 5.77. The van der Waals surface area contributed by atoms with Crippen molar-refractivity contribution in [3.8, 4) is 5.75 Å². The van der Waals surface area contributed by atoms with Crippen molar-refractivity contribution in [2.45, 2.75) is 52.6 Å².